The molecule has 0 spiro atoms. The number of carbonyl (C=O) groups is 2. The average molecular weight is 326 g/mol. The molecule has 1 aromatic heterocycles. The number of carboxylic acids is 1. The van der Waals surface area contributed by atoms with Gasteiger partial charge in [0.1, 0.15) is 12.1 Å². The van der Waals surface area contributed by atoms with Gasteiger partial charge in [0.2, 0.25) is 6.17 Å². The molecule has 8 nitrogen and oxygen atoms in total. The summed E-state index contributed by atoms with van der Waals surface area (Å²) < 4.78 is 6.17. The lowest BCUT2D eigenvalue weighted by molar-refractivity contribution is -0.142. The highest BCUT2D eigenvalue weighted by molar-refractivity contribution is 5.81. The van der Waals surface area contributed by atoms with Gasteiger partial charge in [-0.15, -0.1) is 5.10 Å². The number of aliphatic carboxylic acids is 1. The molecule has 2 N–H and O–H groups in total. The Kier molecular flexibility index (Phi) is 4.37. The van der Waals surface area contributed by atoms with Gasteiger partial charge in [-0.05, 0) is 17.7 Å². The Morgan fingerprint density at radius 2 is 1.83 bits per heavy atom. The zero-order valence-corrected chi connectivity index (χ0v) is 12.5. The van der Waals surface area contributed by atoms with Gasteiger partial charge in [0.05, 0.1) is 5.52 Å². The molecule has 0 radical (unpaired) electrons. The number of nitrogens with zero attached hydrogens (tertiary/aromatic N) is 3. The van der Waals surface area contributed by atoms with Gasteiger partial charge in [-0.25, -0.2) is 14.3 Å². The predicted octanol–water partition coefficient (Wildman–Crippen LogP) is 1.94. The van der Waals surface area contributed by atoms with E-state index in [4.69, 9.17) is 4.74 Å². The minimum Gasteiger partial charge on any atom is -0.478 e. The third kappa shape index (κ3) is 3.32. The lowest BCUT2D eigenvalue weighted by Gasteiger charge is -2.15. The second-order valence-corrected chi connectivity index (χ2v) is 4.97. The van der Waals surface area contributed by atoms with Gasteiger partial charge in [-0.3, -0.25) is 5.32 Å². The maximum absolute atomic E-state index is 11.9. The first-order valence-electron chi connectivity index (χ1n) is 7.15. The molecular weight excluding hydrogens is 312 g/mol. The van der Waals surface area contributed by atoms with Crippen LogP contribution in [0.1, 0.15) is 11.7 Å². The van der Waals surface area contributed by atoms with Crippen molar-refractivity contribution < 1.29 is 19.4 Å². The van der Waals surface area contributed by atoms with E-state index in [2.05, 4.69) is 15.6 Å². The van der Waals surface area contributed by atoms with Crippen LogP contribution in [-0.4, -0.2) is 32.2 Å². The van der Waals surface area contributed by atoms with Gasteiger partial charge < -0.3 is 9.84 Å². The Morgan fingerprint density at radius 3 is 2.58 bits per heavy atom. The van der Waals surface area contributed by atoms with Crippen LogP contribution < -0.4 is 5.32 Å². The van der Waals surface area contributed by atoms with Crippen molar-refractivity contribution in [1.82, 2.24) is 20.3 Å². The van der Waals surface area contributed by atoms with E-state index in [1.165, 1.54) is 0 Å². The van der Waals surface area contributed by atoms with Crippen LogP contribution in [0.2, 0.25) is 0 Å². The molecule has 0 saturated carbocycles. The Labute approximate surface area is 136 Å². The van der Waals surface area contributed by atoms with Crippen molar-refractivity contribution in [2.75, 3.05) is 0 Å². The van der Waals surface area contributed by atoms with Crippen LogP contribution in [-0.2, 0) is 16.1 Å². The number of hydrogen-bond donors (Lipinski definition) is 2. The zero-order valence-electron chi connectivity index (χ0n) is 12.5. The number of amides is 1. The molecule has 122 valence electrons. The second-order valence-electron chi connectivity index (χ2n) is 4.97. The molecule has 0 aliphatic heterocycles. The molecule has 0 fully saturated rings. The summed E-state index contributed by atoms with van der Waals surface area (Å²) in [5, 5.41) is 19.3. The zero-order chi connectivity index (χ0) is 16.9. The topological polar surface area (TPSA) is 106 Å². The number of benzene rings is 2. The molecule has 0 aliphatic carbocycles. The van der Waals surface area contributed by atoms with E-state index in [1.54, 1.807) is 36.4 Å². The van der Waals surface area contributed by atoms with E-state index in [1.807, 2.05) is 18.2 Å². The monoisotopic (exact) mass is 326 g/mol. The minimum atomic E-state index is -1.42. The molecule has 24 heavy (non-hydrogen) atoms. The predicted molar refractivity (Wildman–Crippen MR) is 84.0 cm³/mol. The van der Waals surface area contributed by atoms with Gasteiger partial charge in [-0.2, -0.15) is 0 Å². The molecule has 2 aromatic carbocycles. The highest BCUT2D eigenvalue weighted by Gasteiger charge is 2.25. The van der Waals surface area contributed by atoms with Gasteiger partial charge in [0.15, 0.2) is 0 Å². The lowest BCUT2D eigenvalue weighted by Crippen LogP contribution is -2.38. The highest BCUT2D eigenvalue weighted by Crippen LogP contribution is 2.14. The fourth-order valence-corrected chi connectivity index (χ4v) is 2.18. The summed E-state index contributed by atoms with van der Waals surface area (Å²) >= 11 is 0. The molecule has 0 aliphatic rings. The number of fused-ring (bicyclic) bond motifs is 1. The molecule has 0 bridgehead atoms. The maximum atomic E-state index is 11.9. The van der Waals surface area contributed by atoms with E-state index >= 15 is 0 Å². The quantitative estimate of drug-likeness (QED) is 0.742. The van der Waals surface area contributed by atoms with E-state index in [0.717, 1.165) is 10.2 Å². The summed E-state index contributed by atoms with van der Waals surface area (Å²) in [6, 6.07) is 15.9. The number of alkyl carbamates (subject to hydrolysis) is 1. The number of para-hydroxylation sites is 1. The Balaban J connectivity index is 1.72. The summed E-state index contributed by atoms with van der Waals surface area (Å²) in [7, 11) is 0. The van der Waals surface area contributed by atoms with Crippen molar-refractivity contribution in [3.63, 3.8) is 0 Å². The third-order valence-electron chi connectivity index (χ3n) is 3.32. The fraction of sp³-hybridized carbons (Fsp3) is 0.125. The first-order chi connectivity index (χ1) is 11.6. The molecule has 0 saturated heterocycles. The smallest absolute Gasteiger partial charge is 0.409 e. The maximum Gasteiger partial charge on any atom is 0.409 e. The van der Waals surface area contributed by atoms with Crippen LogP contribution in [0.15, 0.2) is 54.6 Å². The van der Waals surface area contributed by atoms with Crippen molar-refractivity contribution in [2.24, 2.45) is 0 Å². The minimum absolute atomic E-state index is 0.0388. The molecule has 1 heterocycles. The molecule has 1 amide bonds. The van der Waals surface area contributed by atoms with Gasteiger partial charge in [-0.1, -0.05) is 47.7 Å². The van der Waals surface area contributed by atoms with E-state index in [0.29, 0.717) is 11.0 Å². The summed E-state index contributed by atoms with van der Waals surface area (Å²) in [5.41, 5.74) is 1.82. The van der Waals surface area contributed by atoms with Crippen molar-refractivity contribution in [3.05, 3.63) is 60.2 Å². The molecule has 8 heteroatoms. The Hall–Kier alpha value is -3.42. The van der Waals surface area contributed by atoms with Crippen molar-refractivity contribution >= 4 is 23.1 Å². The highest BCUT2D eigenvalue weighted by atomic mass is 16.5. The molecular formula is C16H14N4O4. The lowest BCUT2D eigenvalue weighted by atomic mass is 10.2. The number of hydrogen-bond acceptors (Lipinski definition) is 5. The van der Waals surface area contributed by atoms with Crippen LogP contribution in [0.25, 0.3) is 11.0 Å². The first-order valence-corrected chi connectivity index (χ1v) is 7.15. The third-order valence-corrected chi connectivity index (χ3v) is 3.32. The fourth-order valence-electron chi connectivity index (χ4n) is 2.18. The number of rotatable bonds is 5. The Bertz CT molecular complexity index is 863. The van der Waals surface area contributed by atoms with Crippen molar-refractivity contribution in [2.45, 2.75) is 12.8 Å². The number of aromatic nitrogens is 3. The SMILES string of the molecule is O=C(N[C@@H](C(=O)O)n1nnc2ccccc21)OCc1ccccc1. The summed E-state index contributed by atoms with van der Waals surface area (Å²) in [6.45, 7) is 0.0388. The first kappa shape index (κ1) is 15.5. The number of carboxylic acid groups (broad SMARTS) is 1. The molecule has 3 aromatic rings. The van der Waals surface area contributed by atoms with E-state index in [-0.39, 0.29) is 6.61 Å². The standard InChI is InChI=1S/C16H14N4O4/c21-15(22)14(20-13-9-5-4-8-12(13)18-19-20)17-16(23)24-10-11-6-2-1-3-7-11/h1-9,14H,10H2,(H,17,23)(H,21,22)/t14-/m1/s1. The summed E-state index contributed by atoms with van der Waals surface area (Å²) in [5.74, 6) is -1.28. The molecule has 0 unspecified atom stereocenters. The average Bonchev–Trinajstić information content (AvgIpc) is 3.02. The normalized spacial score (nSPS) is 11.8. The van der Waals surface area contributed by atoms with Crippen LogP contribution in [0.5, 0.6) is 0 Å². The summed E-state index contributed by atoms with van der Waals surface area (Å²) in [6.07, 6.45) is -2.27. The van der Waals surface area contributed by atoms with Gasteiger partial charge in [0, 0.05) is 0 Å². The van der Waals surface area contributed by atoms with E-state index in [9.17, 15) is 14.7 Å². The van der Waals surface area contributed by atoms with Crippen LogP contribution in [0.4, 0.5) is 4.79 Å². The number of ether oxygens (including phenoxy) is 1. The van der Waals surface area contributed by atoms with Crippen LogP contribution >= 0.6 is 0 Å². The van der Waals surface area contributed by atoms with Gasteiger partial charge >= 0.3 is 12.1 Å². The summed E-state index contributed by atoms with van der Waals surface area (Å²) in [4.78, 5) is 23.4. The second kappa shape index (κ2) is 6.78. The molecule has 3 rings (SSSR count). The number of nitrogens with one attached hydrogen (secondary N) is 1. The van der Waals surface area contributed by atoms with Crippen molar-refractivity contribution in [3.8, 4) is 0 Å². The largest absolute Gasteiger partial charge is 0.478 e. The van der Waals surface area contributed by atoms with E-state index < -0.39 is 18.2 Å². The number of carbonyl (C=O) groups excluding carboxylic acids is 1. The Morgan fingerprint density at radius 1 is 1.12 bits per heavy atom. The van der Waals surface area contributed by atoms with Crippen LogP contribution in [0.3, 0.4) is 0 Å². The van der Waals surface area contributed by atoms with Gasteiger partial charge in [0.25, 0.3) is 0 Å². The van der Waals surface area contributed by atoms with Crippen molar-refractivity contribution in [1.29, 1.82) is 0 Å². The van der Waals surface area contributed by atoms with Crippen LogP contribution in [0, 0.1) is 0 Å². The molecule has 1 atom stereocenters.